The number of hydrogen-bond donors (Lipinski definition) is 0. The van der Waals surface area contributed by atoms with Gasteiger partial charge in [-0.25, -0.2) is 0 Å². The smallest absolute Gasteiger partial charge is 0.00203 e. The van der Waals surface area contributed by atoms with E-state index in [1.807, 2.05) is 0 Å². The van der Waals surface area contributed by atoms with Gasteiger partial charge in [-0.3, -0.25) is 0 Å². The Kier molecular flexibility index (Phi) is 5.39. The fourth-order valence-electron chi connectivity index (χ4n) is 4.84. The van der Waals surface area contributed by atoms with E-state index >= 15 is 0 Å². The van der Waals surface area contributed by atoms with Crippen molar-refractivity contribution in [3.63, 3.8) is 0 Å². The summed E-state index contributed by atoms with van der Waals surface area (Å²) < 4.78 is 0. The maximum atomic E-state index is 2.41. The van der Waals surface area contributed by atoms with Crippen molar-refractivity contribution in [2.75, 3.05) is 0 Å². The Morgan fingerprint density at radius 2 is 1.13 bits per heavy atom. The maximum Gasteiger partial charge on any atom is -0.00203 e. The van der Waals surface area contributed by atoms with E-state index in [2.05, 4.69) is 108 Å². The van der Waals surface area contributed by atoms with Crippen LogP contribution in [0.4, 0.5) is 0 Å². The zero-order chi connectivity index (χ0) is 21.5. The fourth-order valence-corrected chi connectivity index (χ4v) is 4.84. The summed E-state index contributed by atoms with van der Waals surface area (Å²) in [6.07, 6.45) is 3.68. The summed E-state index contributed by atoms with van der Waals surface area (Å²) in [5.74, 6) is 0.666. The Balaban J connectivity index is 1.70. The van der Waals surface area contributed by atoms with Crippen LogP contribution >= 0.6 is 0 Å². The molecule has 0 aromatic heterocycles. The average Bonchev–Trinajstić information content (AvgIpc) is 2.67. The van der Waals surface area contributed by atoms with Gasteiger partial charge in [-0.15, -0.1) is 0 Å². The van der Waals surface area contributed by atoms with Gasteiger partial charge >= 0.3 is 0 Å². The van der Waals surface area contributed by atoms with Crippen molar-refractivity contribution in [2.45, 2.75) is 60.8 Å². The van der Waals surface area contributed by atoms with Crippen LogP contribution in [0, 0.1) is 16.7 Å². The third kappa shape index (κ3) is 4.10. The molecular weight excluding hydrogens is 360 g/mol. The first-order chi connectivity index (χ1) is 14.1. The molecule has 3 aromatic rings. The summed E-state index contributed by atoms with van der Waals surface area (Å²) in [5, 5.41) is 0. The van der Waals surface area contributed by atoms with Gasteiger partial charge in [0.1, 0.15) is 0 Å². The van der Waals surface area contributed by atoms with Crippen LogP contribution in [0.1, 0.15) is 59.9 Å². The number of benzene rings is 3. The van der Waals surface area contributed by atoms with Crippen LogP contribution in [0.15, 0.2) is 66.7 Å². The van der Waals surface area contributed by atoms with Gasteiger partial charge in [-0.1, -0.05) is 108 Å². The maximum absolute atomic E-state index is 2.41. The van der Waals surface area contributed by atoms with E-state index in [0.29, 0.717) is 16.7 Å². The minimum absolute atomic E-state index is 0.298. The molecule has 3 aromatic carbocycles. The van der Waals surface area contributed by atoms with E-state index < -0.39 is 0 Å². The van der Waals surface area contributed by atoms with Crippen LogP contribution in [-0.2, 0) is 6.42 Å². The highest BCUT2D eigenvalue weighted by Gasteiger charge is 2.29. The fraction of sp³-hybridized carbons (Fsp3) is 0.400. The Hall–Kier alpha value is -2.34. The zero-order valence-electron chi connectivity index (χ0n) is 19.5. The lowest BCUT2D eigenvalue weighted by atomic mass is 9.71. The van der Waals surface area contributed by atoms with E-state index in [1.54, 1.807) is 0 Å². The molecule has 156 valence electrons. The van der Waals surface area contributed by atoms with Gasteiger partial charge in [0.15, 0.2) is 0 Å². The van der Waals surface area contributed by atoms with Crippen molar-refractivity contribution in [3.8, 4) is 33.4 Å². The van der Waals surface area contributed by atoms with Crippen LogP contribution < -0.4 is 0 Å². The molecule has 0 spiro atoms. The van der Waals surface area contributed by atoms with Crippen molar-refractivity contribution >= 4 is 0 Å². The van der Waals surface area contributed by atoms with Gasteiger partial charge in [0.05, 0.1) is 0 Å². The molecule has 0 saturated heterocycles. The molecule has 0 radical (unpaired) electrons. The van der Waals surface area contributed by atoms with E-state index in [-0.39, 0.29) is 0 Å². The predicted octanol–water partition coefficient (Wildman–Crippen LogP) is 9.03. The third-order valence-corrected chi connectivity index (χ3v) is 6.79. The molecular formula is C30H36. The monoisotopic (exact) mass is 396 g/mol. The topological polar surface area (TPSA) is 0 Å². The summed E-state index contributed by atoms with van der Waals surface area (Å²) in [5.41, 5.74) is 10.6. The van der Waals surface area contributed by atoms with Crippen molar-refractivity contribution < 1.29 is 0 Å². The molecule has 0 heteroatoms. The molecule has 30 heavy (non-hydrogen) atoms. The SMILES string of the molecule is CC(C)(C)CCC(Cc1ccccc1-c1cccc2c1-c1ccccc1-2)C(C)(C)C. The second-order valence-corrected chi connectivity index (χ2v) is 11.3. The minimum atomic E-state index is 0.298. The van der Waals surface area contributed by atoms with Crippen LogP contribution in [0.25, 0.3) is 33.4 Å². The van der Waals surface area contributed by atoms with Crippen LogP contribution in [0.2, 0.25) is 0 Å². The predicted molar refractivity (Wildman–Crippen MR) is 132 cm³/mol. The molecule has 0 fully saturated rings. The standard InChI is InChI=1S/C30H36/c1-29(2,3)19-18-22(30(4,5)6)20-21-12-7-8-13-23(21)25-16-11-17-27-24-14-9-10-15-26(24)28(25)27/h7-17,22H,18-20H2,1-6H3. The van der Waals surface area contributed by atoms with Gasteiger partial charge in [0.25, 0.3) is 0 Å². The lowest BCUT2D eigenvalue weighted by Gasteiger charge is -2.34. The zero-order valence-corrected chi connectivity index (χ0v) is 19.5. The molecule has 1 atom stereocenters. The minimum Gasteiger partial charge on any atom is -0.0620 e. The molecule has 4 rings (SSSR count). The first-order valence-corrected chi connectivity index (χ1v) is 11.5. The summed E-state index contributed by atoms with van der Waals surface area (Å²) in [7, 11) is 0. The highest BCUT2D eigenvalue weighted by molar-refractivity contribution is 6.08. The quantitative estimate of drug-likeness (QED) is 0.315. The first-order valence-electron chi connectivity index (χ1n) is 11.5. The number of rotatable bonds is 5. The van der Waals surface area contributed by atoms with Gasteiger partial charge in [0, 0.05) is 0 Å². The second kappa shape index (κ2) is 7.73. The molecule has 1 aliphatic rings. The Morgan fingerprint density at radius 1 is 0.600 bits per heavy atom. The Labute approximate surface area is 183 Å². The number of hydrogen-bond acceptors (Lipinski definition) is 0. The Bertz CT molecular complexity index is 1040. The summed E-state index contributed by atoms with van der Waals surface area (Å²) in [4.78, 5) is 0. The summed E-state index contributed by atoms with van der Waals surface area (Å²) >= 11 is 0. The van der Waals surface area contributed by atoms with Crippen molar-refractivity contribution in [1.82, 2.24) is 0 Å². The van der Waals surface area contributed by atoms with Gasteiger partial charge in [-0.2, -0.15) is 0 Å². The van der Waals surface area contributed by atoms with Gasteiger partial charge in [0.2, 0.25) is 0 Å². The molecule has 0 saturated carbocycles. The molecule has 0 N–H and O–H groups in total. The second-order valence-electron chi connectivity index (χ2n) is 11.3. The van der Waals surface area contributed by atoms with Crippen molar-refractivity contribution in [2.24, 2.45) is 16.7 Å². The first kappa shape index (κ1) is 20.9. The van der Waals surface area contributed by atoms with Crippen LogP contribution in [0.5, 0.6) is 0 Å². The van der Waals surface area contributed by atoms with E-state index in [9.17, 15) is 0 Å². The van der Waals surface area contributed by atoms with E-state index in [1.165, 1.54) is 51.8 Å². The lowest BCUT2D eigenvalue weighted by Crippen LogP contribution is -2.24. The summed E-state index contributed by atoms with van der Waals surface area (Å²) in [6, 6.07) is 24.7. The lowest BCUT2D eigenvalue weighted by molar-refractivity contribution is 0.195. The van der Waals surface area contributed by atoms with Crippen molar-refractivity contribution in [3.05, 3.63) is 72.3 Å². The average molecular weight is 397 g/mol. The van der Waals surface area contributed by atoms with Gasteiger partial charge < -0.3 is 0 Å². The molecule has 0 bridgehead atoms. The molecule has 0 nitrogen and oxygen atoms in total. The number of fused-ring (bicyclic) bond motifs is 4. The third-order valence-electron chi connectivity index (χ3n) is 6.79. The molecule has 0 aliphatic heterocycles. The molecule has 0 amide bonds. The summed E-state index contributed by atoms with van der Waals surface area (Å²) in [6.45, 7) is 14.3. The molecule has 1 aliphatic carbocycles. The van der Waals surface area contributed by atoms with Crippen molar-refractivity contribution in [1.29, 1.82) is 0 Å². The Morgan fingerprint density at radius 3 is 1.77 bits per heavy atom. The van der Waals surface area contributed by atoms with Crippen LogP contribution in [-0.4, -0.2) is 0 Å². The van der Waals surface area contributed by atoms with E-state index in [0.717, 1.165) is 6.42 Å². The largest absolute Gasteiger partial charge is 0.0620 e. The normalized spacial score (nSPS) is 13.9. The molecule has 1 unspecified atom stereocenters. The highest BCUT2D eigenvalue weighted by Crippen LogP contribution is 2.52. The molecule has 0 heterocycles. The van der Waals surface area contributed by atoms with Crippen LogP contribution in [0.3, 0.4) is 0 Å². The van der Waals surface area contributed by atoms with E-state index in [4.69, 9.17) is 0 Å². The van der Waals surface area contributed by atoms with Gasteiger partial charge in [-0.05, 0) is 75.0 Å². The highest BCUT2D eigenvalue weighted by atomic mass is 14.3.